The average Bonchev–Trinajstić information content (AvgIpc) is 2.40. The van der Waals surface area contributed by atoms with Crippen molar-refractivity contribution in [2.24, 2.45) is 5.73 Å². The van der Waals surface area contributed by atoms with Crippen LogP contribution in [0.2, 0.25) is 0 Å². The summed E-state index contributed by atoms with van der Waals surface area (Å²) in [6.07, 6.45) is 5.77. The van der Waals surface area contributed by atoms with Gasteiger partial charge >= 0.3 is 0 Å². The third-order valence-electron chi connectivity index (χ3n) is 3.41. The van der Waals surface area contributed by atoms with Gasteiger partial charge in [0.25, 0.3) is 0 Å². The van der Waals surface area contributed by atoms with Gasteiger partial charge in [0.2, 0.25) is 0 Å². The van der Waals surface area contributed by atoms with Crippen LogP contribution in [0.25, 0.3) is 0 Å². The number of thiocarbonyl (C=S) groups is 1. The molecule has 2 heterocycles. The van der Waals surface area contributed by atoms with Crippen LogP contribution in [0.15, 0.2) is 18.3 Å². The highest BCUT2D eigenvalue weighted by Crippen LogP contribution is 2.12. The summed E-state index contributed by atoms with van der Waals surface area (Å²) in [7, 11) is 0. The second-order valence-corrected chi connectivity index (χ2v) is 5.64. The van der Waals surface area contributed by atoms with E-state index in [-0.39, 0.29) is 0 Å². The predicted octanol–water partition coefficient (Wildman–Crippen LogP) is 2.00. The molecule has 1 aliphatic heterocycles. The van der Waals surface area contributed by atoms with E-state index in [1.54, 1.807) is 6.20 Å². The number of aromatic nitrogens is 1. The second-order valence-electron chi connectivity index (χ2n) is 5.20. The Bertz CT molecular complexity index is 429. The number of nitrogens with zero attached hydrogens (tertiary/aromatic N) is 2. The molecule has 0 bridgehead atoms. The lowest BCUT2D eigenvalue weighted by molar-refractivity contribution is 0.223. The first-order valence-electron chi connectivity index (χ1n) is 6.90. The maximum Gasteiger partial charge on any atom is 0.122 e. The van der Waals surface area contributed by atoms with Gasteiger partial charge in [0.1, 0.15) is 4.99 Å². The van der Waals surface area contributed by atoms with Gasteiger partial charge in [-0.05, 0) is 45.0 Å². The van der Waals surface area contributed by atoms with Crippen LogP contribution in [0.4, 0.5) is 5.69 Å². The van der Waals surface area contributed by atoms with Gasteiger partial charge in [-0.3, -0.25) is 4.98 Å². The number of piperidine rings is 1. The van der Waals surface area contributed by atoms with Crippen molar-refractivity contribution in [2.75, 3.05) is 25.0 Å². The van der Waals surface area contributed by atoms with Gasteiger partial charge in [0, 0.05) is 24.5 Å². The van der Waals surface area contributed by atoms with Crippen molar-refractivity contribution >= 4 is 22.9 Å². The van der Waals surface area contributed by atoms with Gasteiger partial charge in [-0.25, -0.2) is 0 Å². The summed E-state index contributed by atoms with van der Waals surface area (Å²) in [5.41, 5.74) is 7.30. The molecule has 19 heavy (non-hydrogen) atoms. The Morgan fingerprint density at radius 3 is 2.89 bits per heavy atom. The Balaban J connectivity index is 1.88. The molecule has 1 atom stereocenters. The SMILES string of the molecule is CC(CN1CCCCC1)Nc1ccnc(C(N)=S)c1. The highest BCUT2D eigenvalue weighted by Gasteiger charge is 2.13. The summed E-state index contributed by atoms with van der Waals surface area (Å²) < 4.78 is 0. The van der Waals surface area contributed by atoms with Crippen LogP contribution in [0, 0.1) is 0 Å². The number of pyridine rings is 1. The molecule has 5 heteroatoms. The van der Waals surface area contributed by atoms with Crippen molar-refractivity contribution in [3.63, 3.8) is 0 Å². The Kier molecular flexibility index (Phi) is 5.10. The first kappa shape index (κ1) is 14.2. The van der Waals surface area contributed by atoms with E-state index in [4.69, 9.17) is 18.0 Å². The smallest absolute Gasteiger partial charge is 0.122 e. The molecule has 1 aromatic heterocycles. The average molecular weight is 278 g/mol. The van der Waals surface area contributed by atoms with E-state index in [0.29, 0.717) is 16.7 Å². The molecule has 0 spiro atoms. The minimum Gasteiger partial charge on any atom is -0.388 e. The van der Waals surface area contributed by atoms with Crippen LogP contribution in [0.5, 0.6) is 0 Å². The molecule has 1 unspecified atom stereocenters. The van der Waals surface area contributed by atoms with E-state index in [1.165, 1.54) is 32.4 Å². The summed E-state index contributed by atoms with van der Waals surface area (Å²) in [6.45, 7) is 5.72. The zero-order valence-electron chi connectivity index (χ0n) is 11.4. The van der Waals surface area contributed by atoms with Crippen molar-refractivity contribution in [2.45, 2.75) is 32.2 Å². The second kappa shape index (κ2) is 6.82. The van der Waals surface area contributed by atoms with Crippen molar-refractivity contribution in [1.82, 2.24) is 9.88 Å². The summed E-state index contributed by atoms with van der Waals surface area (Å²) in [5.74, 6) is 0. The fourth-order valence-electron chi connectivity index (χ4n) is 2.51. The molecule has 0 aromatic carbocycles. The number of nitrogens with two attached hydrogens (primary N) is 1. The number of likely N-dealkylation sites (tertiary alicyclic amines) is 1. The van der Waals surface area contributed by atoms with Crippen molar-refractivity contribution in [3.05, 3.63) is 24.0 Å². The standard InChI is InChI=1S/C14H22N4S/c1-11(10-18-7-3-2-4-8-18)17-12-5-6-16-13(9-12)14(15)19/h5-6,9,11H,2-4,7-8,10H2,1H3,(H2,15,19)(H,16,17). The number of hydrogen-bond acceptors (Lipinski definition) is 4. The highest BCUT2D eigenvalue weighted by molar-refractivity contribution is 7.80. The predicted molar refractivity (Wildman–Crippen MR) is 83.5 cm³/mol. The Hall–Kier alpha value is -1.20. The van der Waals surface area contributed by atoms with Crippen molar-refractivity contribution in [1.29, 1.82) is 0 Å². The first-order chi connectivity index (χ1) is 9.15. The fraction of sp³-hybridized carbons (Fsp3) is 0.571. The van der Waals surface area contributed by atoms with E-state index in [9.17, 15) is 0 Å². The summed E-state index contributed by atoms with van der Waals surface area (Å²) in [6, 6.07) is 4.27. The molecule has 1 saturated heterocycles. The van der Waals surface area contributed by atoms with Crippen molar-refractivity contribution in [3.8, 4) is 0 Å². The van der Waals surface area contributed by atoms with Gasteiger partial charge in [0.05, 0.1) is 5.69 Å². The van der Waals surface area contributed by atoms with Crippen molar-refractivity contribution < 1.29 is 0 Å². The van der Waals surface area contributed by atoms with Crippen LogP contribution >= 0.6 is 12.2 Å². The normalized spacial score (nSPS) is 17.9. The molecule has 0 saturated carbocycles. The quantitative estimate of drug-likeness (QED) is 0.807. The van der Waals surface area contributed by atoms with Gasteiger partial charge < -0.3 is 16.0 Å². The Labute approximate surface area is 120 Å². The van der Waals surface area contributed by atoms with Crippen LogP contribution in [-0.2, 0) is 0 Å². The fourth-order valence-corrected chi connectivity index (χ4v) is 2.63. The molecule has 0 amide bonds. The number of hydrogen-bond donors (Lipinski definition) is 2. The van der Waals surface area contributed by atoms with E-state index in [0.717, 1.165) is 12.2 Å². The van der Waals surface area contributed by atoms with Crippen LogP contribution in [0.3, 0.4) is 0 Å². The highest BCUT2D eigenvalue weighted by atomic mass is 32.1. The molecule has 1 aromatic rings. The molecule has 3 N–H and O–H groups in total. The molecular weight excluding hydrogens is 256 g/mol. The molecule has 1 aliphatic rings. The largest absolute Gasteiger partial charge is 0.388 e. The molecule has 0 radical (unpaired) electrons. The number of anilines is 1. The first-order valence-corrected chi connectivity index (χ1v) is 7.31. The third kappa shape index (κ3) is 4.44. The number of nitrogens with one attached hydrogen (secondary N) is 1. The molecule has 1 fully saturated rings. The monoisotopic (exact) mass is 278 g/mol. The van der Waals surface area contributed by atoms with Crippen LogP contribution in [-0.4, -0.2) is 40.5 Å². The summed E-state index contributed by atoms with van der Waals surface area (Å²) >= 11 is 4.95. The van der Waals surface area contributed by atoms with Crippen LogP contribution in [0.1, 0.15) is 31.9 Å². The topological polar surface area (TPSA) is 54.2 Å². The lowest BCUT2D eigenvalue weighted by Crippen LogP contribution is -2.38. The Morgan fingerprint density at radius 1 is 1.47 bits per heavy atom. The molecule has 4 nitrogen and oxygen atoms in total. The van der Waals surface area contributed by atoms with E-state index < -0.39 is 0 Å². The molecular formula is C14H22N4S. The summed E-state index contributed by atoms with van der Waals surface area (Å²) in [5, 5.41) is 3.49. The van der Waals surface area contributed by atoms with E-state index in [2.05, 4.69) is 22.1 Å². The maximum absolute atomic E-state index is 5.60. The van der Waals surface area contributed by atoms with Gasteiger partial charge in [-0.1, -0.05) is 18.6 Å². The van der Waals surface area contributed by atoms with Crippen LogP contribution < -0.4 is 11.1 Å². The minimum atomic E-state index is 0.340. The van der Waals surface area contributed by atoms with E-state index in [1.807, 2.05) is 12.1 Å². The Morgan fingerprint density at radius 2 is 2.21 bits per heavy atom. The third-order valence-corrected chi connectivity index (χ3v) is 3.62. The molecule has 104 valence electrons. The molecule has 0 aliphatic carbocycles. The van der Waals surface area contributed by atoms with Gasteiger partial charge in [-0.15, -0.1) is 0 Å². The summed E-state index contributed by atoms with van der Waals surface area (Å²) in [4.78, 5) is 7.01. The lowest BCUT2D eigenvalue weighted by Gasteiger charge is -2.29. The van der Waals surface area contributed by atoms with Gasteiger partial charge in [0.15, 0.2) is 0 Å². The number of rotatable bonds is 5. The van der Waals surface area contributed by atoms with Gasteiger partial charge in [-0.2, -0.15) is 0 Å². The zero-order chi connectivity index (χ0) is 13.7. The minimum absolute atomic E-state index is 0.340. The lowest BCUT2D eigenvalue weighted by atomic mass is 10.1. The van der Waals surface area contributed by atoms with E-state index >= 15 is 0 Å². The maximum atomic E-state index is 5.60. The zero-order valence-corrected chi connectivity index (χ0v) is 12.2. The molecule has 2 rings (SSSR count).